The first-order chi connectivity index (χ1) is 9.97. The Labute approximate surface area is 124 Å². The second-order valence-corrected chi connectivity index (χ2v) is 5.90. The van der Waals surface area contributed by atoms with Gasteiger partial charge in [0.1, 0.15) is 11.6 Å². The molecule has 3 nitrogen and oxygen atoms in total. The van der Waals surface area contributed by atoms with Crippen molar-refractivity contribution in [2.75, 3.05) is 19.6 Å². The Bertz CT molecular complexity index is 479. The molecule has 1 amide bonds. The molecule has 0 radical (unpaired) electrons. The maximum atomic E-state index is 13.3. The van der Waals surface area contributed by atoms with Gasteiger partial charge < -0.3 is 10.2 Å². The standard InChI is InChI=1S/C16H22F2N2O/c1-11(2)20(10-12-3-5-19-6-4-12)16(21)13-7-14(17)9-15(18)8-13/h7-9,11-12,19H,3-6,10H2,1-2H3. The normalized spacial score (nSPS) is 16.2. The van der Waals surface area contributed by atoms with Crippen molar-refractivity contribution < 1.29 is 13.6 Å². The van der Waals surface area contributed by atoms with Crippen molar-refractivity contribution in [3.63, 3.8) is 0 Å². The lowest BCUT2D eigenvalue weighted by Crippen LogP contribution is -2.43. The summed E-state index contributed by atoms with van der Waals surface area (Å²) in [6.07, 6.45) is 2.04. The third-order valence-corrected chi connectivity index (χ3v) is 3.91. The predicted octanol–water partition coefficient (Wildman–Crippen LogP) is 2.82. The molecular formula is C16H22F2N2O. The minimum absolute atomic E-state index is 0.00119. The van der Waals surface area contributed by atoms with Gasteiger partial charge in [0.15, 0.2) is 0 Å². The van der Waals surface area contributed by atoms with Gasteiger partial charge >= 0.3 is 0 Å². The first-order valence-electron chi connectivity index (χ1n) is 7.45. The topological polar surface area (TPSA) is 32.3 Å². The van der Waals surface area contributed by atoms with Gasteiger partial charge in [-0.05, 0) is 57.8 Å². The molecular weight excluding hydrogens is 274 g/mol. The first-order valence-corrected chi connectivity index (χ1v) is 7.45. The lowest BCUT2D eigenvalue weighted by atomic mass is 9.96. The molecule has 0 bridgehead atoms. The number of benzene rings is 1. The van der Waals surface area contributed by atoms with Crippen LogP contribution in [0.5, 0.6) is 0 Å². The zero-order chi connectivity index (χ0) is 15.4. The monoisotopic (exact) mass is 296 g/mol. The van der Waals surface area contributed by atoms with Gasteiger partial charge in [-0.1, -0.05) is 0 Å². The lowest BCUT2D eigenvalue weighted by Gasteiger charge is -2.33. The molecule has 2 rings (SSSR count). The molecule has 1 aromatic carbocycles. The second kappa shape index (κ2) is 6.98. The van der Waals surface area contributed by atoms with E-state index in [1.54, 1.807) is 4.90 Å². The van der Waals surface area contributed by atoms with Crippen LogP contribution in [0.1, 0.15) is 37.0 Å². The average molecular weight is 296 g/mol. The predicted molar refractivity (Wildman–Crippen MR) is 78.1 cm³/mol. The summed E-state index contributed by atoms with van der Waals surface area (Å²) in [5.74, 6) is -1.30. The van der Waals surface area contributed by atoms with Gasteiger partial charge in [0, 0.05) is 24.2 Å². The van der Waals surface area contributed by atoms with E-state index in [4.69, 9.17) is 0 Å². The third kappa shape index (κ3) is 4.24. The number of nitrogens with one attached hydrogen (secondary N) is 1. The van der Waals surface area contributed by atoms with Crippen molar-refractivity contribution in [1.82, 2.24) is 10.2 Å². The van der Waals surface area contributed by atoms with Crippen LogP contribution in [-0.2, 0) is 0 Å². The van der Waals surface area contributed by atoms with Gasteiger partial charge in [0.25, 0.3) is 5.91 Å². The smallest absolute Gasteiger partial charge is 0.254 e. The molecule has 1 aromatic rings. The highest BCUT2D eigenvalue weighted by molar-refractivity contribution is 5.94. The summed E-state index contributed by atoms with van der Waals surface area (Å²) >= 11 is 0. The molecule has 0 aliphatic carbocycles. The molecule has 0 spiro atoms. The van der Waals surface area contributed by atoms with Crippen molar-refractivity contribution in [1.29, 1.82) is 0 Å². The Morgan fingerprint density at radius 1 is 1.24 bits per heavy atom. The molecule has 21 heavy (non-hydrogen) atoms. The summed E-state index contributed by atoms with van der Waals surface area (Å²) in [6, 6.07) is 2.98. The van der Waals surface area contributed by atoms with Crippen molar-refractivity contribution in [3.05, 3.63) is 35.4 Å². The Balaban J connectivity index is 2.14. The van der Waals surface area contributed by atoms with Crippen molar-refractivity contribution in [3.8, 4) is 0 Å². The van der Waals surface area contributed by atoms with E-state index in [1.807, 2.05) is 13.8 Å². The summed E-state index contributed by atoms with van der Waals surface area (Å²) < 4.78 is 26.6. The molecule has 0 aromatic heterocycles. The van der Waals surface area contributed by atoms with Crippen molar-refractivity contribution in [2.24, 2.45) is 5.92 Å². The van der Waals surface area contributed by atoms with Crippen LogP contribution in [0.2, 0.25) is 0 Å². The Morgan fingerprint density at radius 2 is 1.81 bits per heavy atom. The zero-order valence-corrected chi connectivity index (χ0v) is 12.5. The average Bonchev–Trinajstić information content (AvgIpc) is 2.44. The van der Waals surface area contributed by atoms with E-state index in [0.717, 1.165) is 44.1 Å². The van der Waals surface area contributed by atoms with Crippen LogP contribution in [0.25, 0.3) is 0 Å². The molecule has 1 heterocycles. The first kappa shape index (κ1) is 15.9. The number of halogens is 2. The molecule has 0 atom stereocenters. The van der Waals surface area contributed by atoms with E-state index >= 15 is 0 Å². The van der Waals surface area contributed by atoms with E-state index in [0.29, 0.717) is 12.5 Å². The molecule has 0 unspecified atom stereocenters. The summed E-state index contributed by atoms with van der Waals surface area (Å²) in [4.78, 5) is 14.3. The summed E-state index contributed by atoms with van der Waals surface area (Å²) in [6.45, 7) is 6.40. The van der Waals surface area contributed by atoms with Gasteiger partial charge in [0.2, 0.25) is 0 Å². The van der Waals surface area contributed by atoms with Gasteiger partial charge in [-0.25, -0.2) is 8.78 Å². The fraction of sp³-hybridized carbons (Fsp3) is 0.562. The van der Waals surface area contributed by atoms with Crippen LogP contribution in [0.15, 0.2) is 18.2 Å². The maximum absolute atomic E-state index is 13.3. The van der Waals surface area contributed by atoms with Gasteiger partial charge in [-0.2, -0.15) is 0 Å². The molecule has 1 fully saturated rings. The summed E-state index contributed by atoms with van der Waals surface area (Å²) in [5.41, 5.74) is 0.0788. The number of nitrogens with zero attached hydrogens (tertiary/aromatic N) is 1. The minimum atomic E-state index is -0.719. The largest absolute Gasteiger partial charge is 0.336 e. The van der Waals surface area contributed by atoms with Crippen molar-refractivity contribution >= 4 is 5.91 Å². The molecule has 0 saturated carbocycles. The number of hydrogen-bond acceptors (Lipinski definition) is 2. The highest BCUT2D eigenvalue weighted by atomic mass is 19.1. The van der Waals surface area contributed by atoms with Crippen LogP contribution in [0.3, 0.4) is 0 Å². The van der Waals surface area contributed by atoms with E-state index in [9.17, 15) is 13.6 Å². The molecule has 5 heteroatoms. The number of hydrogen-bond donors (Lipinski definition) is 1. The Morgan fingerprint density at radius 3 is 2.33 bits per heavy atom. The van der Waals surface area contributed by atoms with Crippen molar-refractivity contribution in [2.45, 2.75) is 32.7 Å². The summed E-state index contributed by atoms with van der Waals surface area (Å²) in [7, 11) is 0. The quantitative estimate of drug-likeness (QED) is 0.926. The highest BCUT2D eigenvalue weighted by Gasteiger charge is 2.24. The highest BCUT2D eigenvalue weighted by Crippen LogP contribution is 2.18. The van der Waals surface area contributed by atoms with E-state index in [-0.39, 0.29) is 17.5 Å². The minimum Gasteiger partial charge on any atom is -0.336 e. The lowest BCUT2D eigenvalue weighted by molar-refractivity contribution is 0.0657. The molecule has 1 aliphatic rings. The molecule has 1 aliphatic heterocycles. The van der Waals surface area contributed by atoms with E-state index < -0.39 is 11.6 Å². The number of rotatable bonds is 4. The molecule has 1 N–H and O–H groups in total. The zero-order valence-electron chi connectivity index (χ0n) is 12.5. The number of amides is 1. The van der Waals surface area contributed by atoms with Crippen LogP contribution in [-0.4, -0.2) is 36.5 Å². The SMILES string of the molecule is CC(C)N(CC1CCNCC1)C(=O)c1cc(F)cc(F)c1. The third-order valence-electron chi connectivity index (χ3n) is 3.91. The second-order valence-electron chi connectivity index (χ2n) is 5.90. The number of carbonyl (C=O) groups is 1. The molecule has 116 valence electrons. The van der Waals surface area contributed by atoms with Crippen LogP contribution < -0.4 is 5.32 Å². The van der Waals surface area contributed by atoms with Crippen LogP contribution in [0, 0.1) is 17.6 Å². The molecule has 1 saturated heterocycles. The fourth-order valence-electron chi connectivity index (χ4n) is 2.71. The Kier molecular flexibility index (Phi) is 5.28. The summed E-state index contributed by atoms with van der Waals surface area (Å²) in [5, 5.41) is 3.29. The Hall–Kier alpha value is -1.49. The van der Waals surface area contributed by atoms with Gasteiger partial charge in [-0.15, -0.1) is 0 Å². The number of carbonyl (C=O) groups excluding carboxylic acids is 1. The van der Waals surface area contributed by atoms with Gasteiger partial charge in [-0.3, -0.25) is 4.79 Å². The fourth-order valence-corrected chi connectivity index (χ4v) is 2.71. The van der Waals surface area contributed by atoms with E-state index in [2.05, 4.69) is 5.32 Å². The number of piperidine rings is 1. The van der Waals surface area contributed by atoms with Gasteiger partial charge in [0.05, 0.1) is 0 Å². The van der Waals surface area contributed by atoms with Crippen LogP contribution >= 0.6 is 0 Å². The van der Waals surface area contributed by atoms with E-state index in [1.165, 1.54) is 0 Å². The maximum Gasteiger partial charge on any atom is 0.254 e. The van der Waals surface area contributed by atoms with Crippen LogP contribution in [0.4, 0.5) is 8.78 Å².